The molecule has 0 aliphatic heterocycles. The highest BCUT2D eigenvalue weighted by molar-refractivity contribution is 5.83. The van der Waals surface area contributed by atoms with Crippen molar-refractivity contribution in [2.75, 3.05) is 13.2 Å². The topological polar surface area (TPSA) is 64.4 Å². The van der Waals surface area contributed by atoms with Gasteiger partial charge in [-0.3, -0.25) is 14.3 Å². The zero-order valence-corrected chi connectivity index (χ0v) is 17.4. The fourth-order valence-corrected chi connectivity index (χ4v) is 4.18. The highest BCUT2D eigenvalue weighted by Gasteiger charge is 2.49. The van der Waals surface area contributed by atoms with Crippen LogP contribution in [0.4, 0.5) is 0 Å². The second-order valence-corrected chi connectivity index (χ2v) is 8.33. The van der Waals surface area contributed by atoms with Gasteiger partial charge in [-0.1, -0.05) is 30.3 Å². The highest BCUT2D eigenvalue weighted by Crippen LogP contribution is 2.49. The van der Waals surface area contributed by atoms with Crippen LogP contribution in [0.25, 0.3) is 0 Å². The van der Waals surface area contributed by atoms with E-state index in [2.05, 4.69) is 17.2 Å². The number of carbonyl (C=O) groups excluding carboxylic acids is 2. The van der Waals surface area contributed by atoms with Crippen molar-refractivity contribution in [3.63, 3.8) is 0 Å². The van der Waals surface area contributed by atoms with Crippen molar-refractivity contribution < 1.29 is 14.3 Å². The zero-order valence-electron chi connectivity index (χ0n) is 17.4. The molecule has 0 radical (unpaired) electrons. The second-order valence-electron chi connectivity index (χ2n) is 8.33. The molecule has 6 heteroatoms. The molecular formula is C23H29N3O3. The Hall–Kier alpha value is -2.63. The van der Waals surface area contributed by atoms with E-state index in [0.717, 1.165) is 24.2 Å². The summed E-state index contributed by atoms with van der Waals surface area (Å²) in [5.41, 5.74) is 3.19. The van der Waals surface area contributed by atoms with E-state index in [4.69, 9.17) is 4.74 Å². The molecule has 29 heavy (non-hydrogen) atoms. The molecule has 4 rings (SSSR count). The van der Waals surface area contributed by atoms with E-state index in [1.165, 1.54) is 5.56 Å². The number of hydrogen-bond acceptors (Lipinski definition) is 4. The number of rotatable bonds is 8. The van der Waals surface area contributed by atoms with Crippen molar-refractivity contribution in [3.8, 4) is 0 Å². The minimum absolute atomic E-state index is 0.0296. The maximum absolute atomic E-state index is 13.3. The number of benzene rings is 1. The number of aromatic nitrogens is 2. The van der Waals surface area contributed by atoms with E-state index >= 15 is 0 Å². The van der Waals surface area contributed by atoms with Gasteiger partial charge in [-0.05, 0) is 50.2 Å². The Kier molecular flexibility index (Phi) is 5.43. The molecule has 1 aromatic carbocycles. The van der Waals surface area contributed by atoms with Gasteiger partial charge < -0.3 is 9.64 Å². The van der Waals surface area contributed by atoms with Gasteiger partial charge >= 0.3 is 5.97 Å². The summed E-state index contributed by atoms with van der Waals surface area (Å²) in [6, 6.07) is 12.3. The van der Waals surface area contributed by atoms with E-state index in [1.54, 1.807) is 0 Å². The Morgan fingerprint density at radius 1 is 1.21 bits per heavy atom. The Morgan fingerprint density at radius 2 is 1.97 bits per heavy atom. The third kappa shape index (κ3) is 4.36. The number of aryl methyl sites for hydroxylation is 2. The fraction of sp³-hybridized carbons (Fsp3) is 0.522. The number of carbonyl (C=O) groups is 2. The number of hydrogen-bond donors (Lipinski definition) is 0. The zero-order chi connectivity index (χ0) is 20.5. The van der Waals surface area contributed by atoms with Crippen LogP contribution in [-0.2, 0) is 27.9 Å². The molecule has 154 valence electrons. The molecule has 0 saturated heterocycles. The van der Waals surface area contributed by atoms with Crippen molar-refractivity contribution in [2.45, 2.75) is 39.2 Å². The second kappa shape index (κ2) is 8.01. The predicted molar refractivity (Wildman–Crippen MR) is 109 cm³/mol. The van der Waals surface area contributed by atoms with Gasteiger partial charge in [0.2, 0.25) is 5.91 Å². The molecule has 2 saturated carbocycles. The van der Waals surface area contributed by atoms with Gasteiger partial charge in [0.25, 0.3) is 0 Å². The molecule has 4 atom stereocenters. The van der Waals surface area contributed by atoms with Crippen LogP contribution >= 0.6 is 0 Å². The monoisotopic (exact) mass is 395 g/mol. The first-order valence-electron chi connectivity index (χ1n) is 10.5. The predicted octanol–water partition coefficient (Wildman–Crippen LogP) is 3.06. The first kappa shape index (κ1) is 19.7. The first-order valence-corrected chi connectivity index (χ1v) is 10.5. The lowest BCUT2D eigenvalue weighted by Gasteiger charge is -2.22. The maximum Gasteiger partial charge on any atom is 0.309 e. The smallest absolute Gasteiger partial charge is 0.309 e. The van der Waals surface area contributed by atoms with Crippen LogP contribution in [0.3, 0.4) is 0 Å². The lowest BCUT2D eigenvalue weighted by molar-refractivity contribution is -0.145. The van der Waals surface area contributed by atoms with E-state index in [0.29, 0.717) is 25.6 Å². The molecule has 6 nitrogen and oxygen atoms in total. The molecule has 1 amide bonds. The minimum atomic E-state index is -0.132. The molecule has 2 aliphatic carbocycles. The maximum atomic E-state index is 13.3. The number of esters is 1. The Morgan fingerprint density at radius 3 is 2.62 bits per heavy atom. The summed E-state index contributed by atoms with van der Waals surface area (Å²) in [5.74, 6) is 0.499. The molecule has 0 N–H and O–H groups in total. The normalized spacial score (nSPS) is 24.8. The molecule has 2 fully saturated rings. The third-order valence-electron chi connectivity index (χ3n) is 6.13. The van der Waals surface area contributed by atoms with Gasteiger partial charge in [-0.2, -0.15) is 5.10 Å². The lowest BCUT2D eigenvalue weighted by atomic mass is 10.1. The van der Waals surface area contributed by atoms with Gasteiger partial charge in [0.05, 0.1) is 24.8 Å². The highest BCUT2D eigenvalue weighted by atomic mass is 16.5. The molecule has 0 unspecified atom stereocenters. The Balaban J connectivity index is 1.45. The number of nitrogens with zero attached hydrogens (tertiary/aromatic N) is 3. The number of ether oxygens (including phenoxy) is 1. The largest absolute Gasteiger partial charge is 0.466 e. The number of amides is 1. The molecule has 0 bridgehead atoms. The SMILES string of the molecule is CCOC(=O)[C@H]1C[C@H]1CN(Cc1cc(C)n(C)n1)C(=O)[C@@H]1C[C@H]1c1ccccc1. The van der Waals surface area contributed by atoms with Crippen LogP contribution < -0.4 is 0 Å². The summed E-state index contributed by atoms with van der Waals surface area (Å²) < 4.78 is 6.99. The van der Waals surface area contributed by atoms with Crippen molar-refractivity contribution >= 4 is 11.9 Å². The summed E-state index contributed by atoms with van der Waals surface area (Å²) in [5, 5.41) is 4.53. The lowest BCUT2D eigenvalue weighted by Crippen LogP contribution is -2.34. The summed E-state index contributed by atoms with van der Waals surface area (Å²) >= 11 is 0. The van der Waals surface area contributed by atoms with E-state index in [-0.39, 0.29) is 29.6 Å². The van der Waals surface area contributed by atoms with Crippen LogP contribution in [0.5, 0.6) is 0 Å². The van der Waals surface area contributed by atoms with Crippen molar-refractivity contribution in [1.29, 1.82) is 0 Å². The molecule has 2 aromatic rings. The van der Waals surface area contributed by atoms with E-state index in [9.17, 15) is 9.59 Å². The van der Waals surface area contributed by atoms with Crippen molar-refractivity contribution in [1.82, 2.24) is 14.7 Å². The quantitative estimate of drug-likeness (QED) is 0.645. The van der Waals surface area contributed by atoms with Gasteiger partial charge in [0.1, 0.15) is 0 Å². The van der Waals surface area contributed by atoms with Gasteiger partial charge in [0.15, 0.2) is 0 Å². The molecular weight excluding hydrogens is 366 g/mol. The summed E-state index contributed by atoms with van der Waals surface area (Å²) in [7, 11) is 1.91. The van der Waals surface area contributed by atoms with E-state index in [1.807, 2.05) is 54.7 Å². The average Bonchev–Trinajstić information content (AvgIpc) is 3.61. The molecule has 2 aliphatic rings. The first-order chi connectivity index (χ1) is 14.0. The van der Waals surface area contributed by atoms with Crippen LogP contribution in [0, 0.1) is 24.7 Å². The molecule has 1 aromatic heterocycles. The summed E-state index contributed by atoms with van der Waals surface area (Å²) in [4.78, 5) is 27.3. The fourth-order valence-electron chi connectivity index (χ4n) is 4.18. The van der Waals surface area contributed by atoms with Crippen molar-refractivity contribution in [3.05, 3.63) is 53.3 Å². The Labute approximate surface area is 171 Å². The van der Waals surface area contributed by atoms with Crippen LogP contribution in [0.15, 0.2) is 36.4 Å². The third-order valence-corrected chi connectivity index (χ3v) is 6.13. The van der Waals surface area contributed by atoms with Crippen LogP contribution in [0.2, 0.25) is 0 Å². The molecule has 0 spiro atoms. The van der Waals surface area contributed by atoms with Gasteiger partial charge in [0, 0.05) is 25.2 Å². The summed E-state index contributed by atoms with van der Waals surface area (Å²) in [6.45, 7) is 5.32. The van der Waals surface area contributed by atoms with Crippen LogP contribution in [0.1, 0.15) is 42.6 Å². The van der Waals surface area contributed by atoms with E-state index < -0.39 is 0 Å². The standard InChI is InChI=1S/C23H29N3O3/c1-4-29-23(28)20-11-17(20)13-26(14-18-10-15(2)25(3)24-18)22(27)21-12-19(21)16-8-6-5-7-9-16/h5-10,17,19-21H,4,11-14H2,1-3H3/t17-,19-,20-,21+/m0/s1. The van der Waals surface area contributed by atoms with Gasteiger partial charge in [-0.25, -0.2) is 0 Å². The Bertz CT molecular complexity index is 873. The molecule has 1 heterocycles. The summed E-state index contributed by atoms with van der Waals surface area (Å²) in [6.07, 6.45) is 1.70. The van der Waals surface area contributed by atoms with Gasteiger partial charge in [-0.15, -0.1) is 0 Å². The van der Waals surface area contributed by atoms with Crippen LogP contribution in [-0.4, -0.2) is 39.7 Å². The average molecular weight is 396 g/mol. The van der Waals surface area contributed by atoms with Crippen molar-refractivity contribution in [2.24, 2.45) is 24.8 Å². The minimum Gasteiger partial charge on any atom is -0.466 e.